The van der Waals surface area contributed by atoms with Crippen molar-refractivity contribution in [1.82, 2.24) is 9.13 Å². The number of aromatic nitrogens is 2. The first-order valence-electron chi connectivity index (χ1n) is 11.1. The molecule has 0 spiro atoms. The van der Waals surface area contributed by atoms with Crippen LogP contribution in [0.4, 0.5) is 0 Å². The van der Waals surface area contributed by atoms with Crippen molar-refractivity contribution in [1.29, 1.82) is 0 Å². The smallest absolute Gasteiger partial charge is 0.0783 e. The molecule has 0 saturated carbocycles. The lowest BCUT2D eigenvalue weighted by Crippen LogP contribution is -2.00. The summed E-state index contributed by atoms with van der Waals surface area (Å²) in [5.41, 5.74) is 6.88. The van der Waals surface area contributed by atoms with Crippen LogP contribution in [0.2, 0.25) is 5.02 Å². The summed E-state index contributed by atoms with van der Waals surface area (Å²) in [4.78, 5) is 0. The van der Waals surface area contributed by atoms with Crippen LogP contribution in [0.25, 0.3) is 55.0 Å². The molecule has 0 radical (unpaired) electrons. The van der Waals surface area contributed by atoms with E-state index in [2.05, 4.69) is 124 Å². The van der Waals surface area contributed by atoms with E-state index >= 15 is 0 Å². The van der Waals surface area contributed by atoms with E-state index in [9.17, 15) is 0 Å². The molecule has 5 aromatic carbocycles. The van der Waals surface area contributed by atoms with Gasteiger partial charge in [-0.2, -0.15) is 0 Å². The molecule has 0 unspecified atom stereocenters. The molecule has 0 aliphatic carbocycles. The molecule has 0 bridgehead atoms. The topological polar surface area (TPSA) is 9.86 Å². The minimum Gasteiger partial charge on any atom is -0.307 e. The van der Waals surface area contributed by atoms with Crippen molar-refractivity contribution in [3.8, 4) is 11.4 Å². The van der Waals surface area contributed by atoms with Crippen molar-refractivity contribution >= 4 is 55.2 Å². The zero-order chi connectivity index (χ0) is 21.9. The van der Waals surface area contributed by atoms with E-state index in [-0.39, 0.29) is 0 Å². The molecule has 3 heteroatoms. The lowest BCUT2D eigenvalue weighted by Gasteiger charge is -2.14. The average molecular weight is 443 g/mol. The SMILES string of the molecule is Clc1cc(-n2c3ccccc3c3ccccc32)c2c(c1)c1ccccc1n2-c1ccccc1. The minimum absolute atomic E-state index is 0.732. The Balaban J connectivity index is 1.75. The molecule has 2 nitrogen and oxygen atoms in total. The van der Waals surface area contributed by atoms with Crippen LogP contribution >= 0.6 is 11.6 Å². The van der Waals surface area contributed by atoms with E-state index in [1.54, 1.807) is 0 Å². The van der Waals surface area contributed by atoms with E-state index in [0.717, 1.165) is 27.3 Å². The van der Waals surface area contributed by atoms with Gasteiger partial charge in [0.15, 0.2) is 0 Å². The predicted octanol–water partition coefficient (Wildman–Crippen LogP) is 8.53. The summed E-state index contributed by atoms with van der Waals surface area (Å²) in [5.74, 6) is 0. The molecule has 7 rings (SSSR count). The Morgan fingerprint density at radius 2 is 0.939 bits per heavy atom. The van der Waals surface area contributed by atoms with Crippen LogP contribution in [0, 0.1) is 0 Å². The molecule has 33 heavy (non-hydrogen) atoms. The molecule has 0 N–H and O–H groups in total. The molecule has 156 valence electrons. The highest BCUT2D eigenvalue weighted by molar-refractivity contribution is 6.32. The average Bonchev–Trinajstić information content (AvgIpc) is 3.37. The van der Waals surface area contributed by atoms with E-state index in [1.807, 2.05) is 0 Å². The molecular weight excluding hydrogens is 424 g/mol. The molecule has 0 saturated heterocycles. The number of para-hydroxylation sites is 4. The van der Waals surface area contributed by atoms with Gasteiger partial charge in [0.1, 0.15) is 0 Å². The van der Waals surface area contributed by atoms with Crippen LogP contribution in [-0.4, -0.2) is 9.13 Å². The second-order valence-electron chi connectivity index (χ2n) is 8.38. The minimum atomic E-state index is 0.732. The van der Waals surface area contributed by atoms with E-state index in [0.29, 0.717) is 0 Å². The Kier molecular flexibility index (Phi) is 3.93. The van der Waals surface area contributed by atoms with Crippen LogP contribution in [0.5, 0.6) is 0 Å². The first-order chi connectivity index (χ1) is 16.3. The van der Waals surface area contributed by atoms with Crippen molar-refractivity contribution in [2.24, 2.45) is 0 Å². The zero-order valence-electron chi connectivity index (χ0n) is 17.7. The third kappa shape index (κ3) is 2.62. The maximum Gasteiger partial charge on any atom is 0.0783 e. The number of nitrogens with zero attached hydrogens (tertiary/aromatic N) is 2. The lowest BCUT2D eigenvalue weighted by atomic mass is 10.1. The van der Waals surface area contributed by atoms with Crippen LogP contribution < -0.4 is 0 Å². The fraction of sp³-hybridized carbons (Fsp3) is 0. The zero-order valence-corrected chi connectivity index (χ0v) is 18.5. The summed E-state index contributed by atoms with van der Waals surface area (Å²) in [5, 5.41) is 5.56. The van der Waals surface area contributed by atoms with Gasteiger partial charge in [-0.1, -0.05) is 84.4 Å². The molecular formula is C30H19ClN2. The first-order valence-corrected chi connectivity index (χ1v) is 11.5. The normalized spacial score (nSPS) is 11.8. The van der Waals surface area contributed by atoms with Gasteiger partial charge in [-0.25, -0.2) is 0 Å². The molecule has 0 amide bonds. The second kappa shape index (κ2) is 6.99. The number of halogens is 1. The van der Waals surface area contributed by atoms with Crippen LogP contribution in [-0.2, 0) is 0 Å². The maximum atomic E-state index is 6.78. The Hall–Kier alpha value is -4.01. The van der Waals surface area contributed by atoms with Gasteiger partial charge in [-0.15, -0.1) is 0 Å². The van der Waals surface area contributed by atoms with Gasteiger partial charge in [-0.05, 0) is 42.5 Å². The van der Waals surface area contributed by atoms with Crippen LogP contribution in [0.1, 0.15) is 0 Å². The first kappa shape index (κ1) is 18.6. The molecule has 0 atom stereocenters. The number of fused-ring (bicyclic) bond motifs is 6. The fourth-order valence-electron chi connectivity index (χ4n) is 5.24. The van der Waals surface area contributed by atoms with Gasteiger partial charge in [0, 0.05) is 32.3 Å². The lowest BCUT2D eigenvalue weighted by molar-refractivity contribution is 1.13. The van der Waals surface area contributed by atoms with Gasteiger partial charge in [0.25, 0.3) is 0 Å². The van der Waals surface area contributed by atoms with Gasteiger partial charge < -0.3 is 9.13 Å². The molecule has 2 heterocycles. The predicted molar refractivity (Wildman–Crippen MR) is 140 cm³/mol. The number of hydrogen-bond acceptors (Lipinski definition) is 0. The fourth-order valence-corrected chi connectivity index (χ4v) is 5.45. The van der Waals surface area contributed by atoms with Crippen molar-refractivity contribution in [2.75, 3.05) is 0 Å². The maximum absolute atomic E-state index is 6.78. The van der Waals surface area contributed by atoms with Crippen molar-refractivity contribution in [3.63, 3.8) is 0 Å². The van der Waals surface area contributed by atoms with Crippen molar-refractivity contribution < 1.29 is 0 Å². The summed E-state index contributed by atoms with van der Waals surface area (Å²) in [6.45, 7) is 0. The van der Waals surface area contributed by atoms with Gasteiger partial charge in [0.05, 0.1) is 27.8 Å². The number of benzene rings is 5. The highest BCUT2D eigenvalue weighted by Crippen LogP contribution is 2.40. The van der Waals surface area contributed by atoms with E-state index < -0.39 is 0 Å². The van der Waals surface area contributed by atoms with Gasteiger partial charge >= 0.3 is 0 Å². The summed E-state index contributed by atoms with van der Waals surface area (Å²) < 4.78 is 4.72. The van der Waals surface area contributed by atoms with Gasteiger partial charge in [-0.3, -0.25) is 0 Å². The highest BCUT2D eigenvalue weighted by atomic mass is 35.5. The monoisotopic (exact) mass is 442 g/mol. The Labute approximate surface area is 195 Å². The summed E-state index contributed by atoms with van der Waals surface area (Å²) in [6, 6.07) is 40.5. The highest BCUT2D eigenvalue weighted by Gasteiger charge is 2.20. The number of hydrogen-bond donors (Lipinski definition) is 0. The van der Waals surface area contributed by atoms with Crippen molar-refractivity contribution in [3.05, 3.63) is 120 Å². The second-order valence-corrected chi connectivity index (χ2v) is 8.82. The molecule has 0 aliphatic rings. The van der Waals surface area contributed by atoms with Crippen molar-refractivity contribution in [2.45, 2.75) is 0 Å². The number of rotatable bonds is 2. The largest absolute Gasteiger partial charge is 0.307 e. The summed E-state index contributed by atoms with van der Waals surface area (Å²) in [7, 11) is 0. The van der Waals surface area contributed by atoms with Crippen LogP contribution in [0.15, 0.2) is 115 Å². The quantitative estimate of drug-likeness (QED) is 0.254. The molecule has 2 aromatic heterocycles. The Bertz CT molecular complexity index is 1770. The summed E-state index contributed by atoms with van der Waals surface area (Å²) >= 11 is 6.78. The molecule has 0 fully saturated rings. The van der Waals surface area contributed by atoms with E-state index in [1.165, 1.54) is 32.7 Å². The van der Waals surface area contributed by atoms with Crippen LogP contribution in [0.3, 0.4) is 0 Å². The summed E-state index contributed by atoms with van der Waals surface area (Å²) in [6.07, 6.45) is 0. The molecule has 0 aliphatic heterocycles. The standard InChI is InChI=1S/C30H19ClN2/c31-20-18-25-24-14-6-7-15-26(24)32(21-10-2-1-3-11-21)30(25)29(19-20)33-27-16-8-4-12-22(27)23-13-5-9-17-28(23)33/h1-19H. The third-order valence-electron chi connectivity index (χ3n) is 6.55. The Morgan fingerprint density at radius 3 is 1.55 bits per heavy atom. The Morgan fingerprint density at radius 1 is 0.455 bits per heavy atom. The van der Waals surface area contributed by atoms with E-state index in [4.69, 9.17) is 11.6 Å². The third-order valence-corrected chi connectivity index (χ3v) is 6.77. The van der Waals surface area contributed by atoms with Gasteiger partial charge in [0.2, 0.25) is 0 Å². The molecule has 7 aromatic rings.